The van der Waals surface area contributed by atoms with Gasteiger partial charge in [0.2, 0.25) is 0 Å². The van der Waals surface area contributed by atoms with E-state index in [1.165, 1.54) is 35.8 Å². The zero-order chi connectivity index (χ0) is 21.7. The number of thiophene rings is 1. The zero-order valence-corrected chi connectivity index (χ0v) is 17.7. The van der Waals surface area contributed by atoms with Crippen molar-refractivity contribution in [1.82, 2.24) is 5.43 Å². The van der Waals surface area contributed by atoms with E-state index in [0.29, 0.717) is 15.6 Å². The molecule has 0 aliphatic heterocycles. The highest BCUT2D eigenvalue weighted by molar-refractivity contribution is 7.17. The minimum absolute atomic E-state index is 0.0786. The van der Waals surface area contributed by atoms with Gasteiger partial charge in [0.15, 0.2) is 0 Å². The number of hydrazone groups is 1. The third-order valence-electron chi connectivity index (χ3n) is 4.44. The number of nitrogens with zero attached hydrogens (tertiary/aromatic N) is 1. The van der Waals surface area contributed by atoms with Crippen LogP contribution in [0, 0.1) is 0 Å². The number of nitrogens with one attached hydrogen (secondary N) is 2. The van der Waals surface area contributed by atoms with Gasteiger partial charge in [-0.1, -0.05) is 11.6 Å². The van der Waals surface area contributed by atoms with Crippen LogP contribution in [0.1, 0.15) is 46.1 Å². The van der Waals surface area contributed by atoms with Gasteiger partial charge >= 0.3 is 17.8 Å². The van der Waals surface area contributed by atoms with E-state index in [2.05, 4.69) is 15.8 Å². The summed E-state index contributed by atoms with van der Waals surface area (Å²) < 4.78 is 5.13. The number of ether oxygens (including phenoxy) is 1. The number of phenolic OH excluding ortho intramolecular Hbond substituents is 1. The molecule has 0 spiro atoms. The van der Waals surface area contributed by atoms with Gasteiger partial charge in [0.25, 0.3) is 0 Å². The molecule has 0 saturated heterocycles. The van der Waals surface area contributed by atoms with Crippen LogP contribution in [-0.2, 0) is 27.2 Å². The second kappa shape index (κ2) is 9.73. The molecule has 0 fully saturated rings. The van der Waals surface area contributed by atoms with Crippen LogP contribution < -0.4 is 10.7 Å². The van der Waals surface area contributed by atoms with Gasteiger partial charge in [-0.25, -0.2) is 10.2 Å². The summed E-state index contributed by atoms with van der Waals surface area (Å²) in [7, 11) is 0. The summed E-state index contributed by atoms with van der Waals surface area (Å²) in [6.45, 7) is 1.92. The van der Waals surface area contributed by atoms with E-state index in [9.17, 15) is 19.5 Å². The maximum absolute atomic E-state index is 12.4. The number of carbonyl (C=O) groups excluding carboxylic acids is 3. The number of halogens is 1. The molecule has 0 bridgehead atoms. The van der Waals surface area contributed by atoms with Crippen molar-refractivity contribution in [3.8, 4) is 5.75 Å². The molecule has 0 unspecified atom stereocenters. The second-order valence-corrected chi connectivity index (χ2v) is 8.03. The molecule has 3 rings (SSSR count). The molecule has 0 atom stereocenters. The van der Waals surface area contributed by atoms with E-state index in [4.69, 9.17) is 16.3 Å². The van der Waals surface area contributed by atoms with E-state index in [1.807, 2.05) is 0 Å². The maximum Gasteiger partial charge on any atom is 0.341 e. The Morgan fingerprint density at radius 2 is 2.03 bits per heavy atom. The highest BCUT2D eigenvalue weighted by Crippen LogP contribution is 2.38. The van der Waals surface area contributed by atoms with Crippen LogP contribution in [-0.4, -0.2) is 35.7 Å². The fourth-order valence-electron chi connectivity index (χ4n) is 3.07. The molecule has 3 N–H and O–H groups in total. The molecule has 2 aromatic rings. The summed E-state index contributed by atoms with van der Waals surface area (Å²) in [5.41, 5.74) is 3.57. The van der Waals surface area contributed by atoms with Gasteiger partial charge in [-0.2, -0.15) is 5.10 Å². The Labute approximate surface area is 181 Å². The lowest BCUT2D eigenvalue weighted by atomic mass is 9.95. The Bertz CT molecular complexity index is 1020. The van der Waals surface area contributed by atoms with Crippen molar-refractivity contribution in [2.75, 3.05) is 11.9 Å². The number of carbonyl (C=O) groups is 3. The summed E-state index contributed by atoms with van der Waals surface area (Å²) in [6.07, 6.45) is 4.68. The Morgan fingerprint density at radius 3 is 2.80 bits per heavy atom. The van der Waals surface area contributed by atoms with E-state index >= 15 is 0 Å². The minimum Gasteiger partial charge on any atom is -0.507 e. The number of hydrogen-bond acceptors (Lipinski definition) is 7. The normalized spacial score (nSPS) is 13.0. The number of hydrogen-bond donors (Lipinski definition) is 3. The number of benzene rings is 1. The third kappa shape index (κ3) is 4.98. The van der Waals surface area contributed by atoms with Crippen LogP contribution in [0.5, 0.6) is 5.75 Å². The van der Waals surface area contributed by atoms with Crippen molar-refractivity contribution in [3.63, 3.8) is 0 Å². The van der Waals surface area contributed by atoms with Gasteiger partial charge < -0.3 is 15.2 Å². The summed E-state index contributed by atoms with van der Waals surface area (Å²) in [5.74, 6) is -2.58. The topological polar surface area (TPSA) is 117 Å². The van der Waals surface area contributed by atoms with Crippen LogP contribution >= 0.6 is 22.9 Å². The van der Waals surface area contributed by atoms with Crippen LogP contribution in [0.15, 0.2) is 23.3 Å². The molecule has 1 heterocycles. The lowest BCUT2D eigenvalue weighted by Crippen LogP contribution is -2.32. The number of fused-ring (bicyclic) bond motifs is 1. The molecular weight excluding hydrogens is 430 g/mol. The van der Waals surface area contributed by atoms with Crippen molar-refractivity contribution in [3.05, 3.63) is 44.8 Å². The molecule has 8 nitrogen and oxygen atoms in total. The van der Waals surface area contributed by atoms with Crippen LogP contribution in [0.25, 0.3) is 0 Å². The molecule has 2 amide bonds. The number of aromatic hydroxyl groups is 1. The average Bonchev–Trinajstić information content (AvgIpc) is 3.08. The molecule has 30 heavy (non-hydrogen) atoms. The molecule has 0 radical (unpaired) electrons. The first-order valence-corrected chi connectivity index (χ1v) is 10.5. The zero-order valence-electron chi connectivity index (χ0n) is 16.2. The van der Waals surface area contributed by atoms with Crippen LogP contribution in [0.3, 0.4) is 0 Å². The SMILES string of the molecule is CCOC(=O)c1c(NC(=O)C(=O)N/N=C\c2cc(Cl)ccc2O)sc2c1CCCC2. The molecule has 0 saturated carbocycles. The van der Waals surface area contributed by atoms with E-state index in [1.54, 1.807) is 6.92 Å². The average molecular weight is 450 g/mol. The molecular formula is C20H20ClN3O5S. The Hall–Kier alpha value is -2.91. The highest BCUT2D eigenvalue weighted by Gasteiger charge is 2.28. The van der Waals surface area contributed by atoms with Gasteiger partial charge in [-0.15, -0.1) is 11.3 Å². The first kappa shape index (κ1) is 21.8. The Kier molecular flexibility index (Phi) is 7.07. The van der Waals surface area contributed by atoms with Gasteiger partial charge in [-0.3, -0.25) is 9.59 Å². The van der Waals surface area contributed by atoms with Gasteiger partial charge in [0, 0.05) is 15.5 Å². The first-order chi connectivity index (χ1) is 14.4. The number of aryl methyl sites for hydroxylation is 1. The number of anilines is 1. The van der Waals surface area contributed by atoms with Crippen molar-refractivity contribution in [2.45, 2.75) is 32.6 Å². The molecule has 1 aliphatic rings. The van der Waals surface area contributed by atoms with Crippen molar-refractivity contribution >= 4 is 51.9 Å². The summed E-state index contributed by atoms with van der Waals surface area (Å²) in [6, 6.07) is 4.34. The monoisotopic (exact) mass is 449 g/mol. The third-order valence-corrected chi connectivity index (χ3v) is 5.89. The largest absolute Gasteiger partial charge is 0.507 e. The van der Waals surface area contributed by atoms with Crippen molar-refractivity contribution in [2.24, 2.45) is 5.10 Å². The highest BCUT2D eigenvalue weighted by atomic mass is 35.5. The summed E-state index contributed by atoms with van der Waals surface area (Å²) in [4.78, 5) is 37.8. The lowest BCUT2D eigenvalue weighted by Gasteiger charge is -2.12. The van der Waals surface area contributed by atoms with E-state index in [-0.39, 0.29) is 17.9 Å². The van der Waals surface area contributed by atoms with E-state index in [0.717, 1.165) is 36.1 Å². The number of rotatable bonds is 5. The minimum atomic E-state index is -1.02. The molecule has 1 aromatic heterocycles. The molecule has 10 heteroatoms. The Balaban J connectivity index is 1.71. The second-order valence-electron chi connectivity index (χ2n) is 6.49. The number of phenols is 1. The van der Waals surface area contributed by atoms with Gasteiger partial charge in [0.1, 0.15) is 10.8 Å². The molecule has 1 aliphatic carbocycles. The smallest absolute Gasteiger partial charge is 0.341 e. The van der Waals surface area contributed by atoms with Crippen LogP contribution in [0.4, 0.5) is 5.00 Å². The van der Waals surface area contributed by atoms with Gasteiger partial charge in [0.05, 0.1) is 18.4 Å². The molecule has 1 aromatic carbocycles. The first-order valence-electron chi connectivity index (χ1n) is 9.35. The van der Waals surface area contributed by atoms with Gasteiger partial charge in [-0.05, 0) is 56.4 Å². The number of amides is 2. The number of esters is 1. The predicted molar refractivity (Wildman–Crippen MR) is 114 cm³/mol. The van der Waals surface area contributed by atoms with Crippen molar-refractivity contribution < 1.29 is 24.2 Å². The quantitative estimate of drug-likeness (QED) is 0.280. The Morgan fingerprint density at radius 1 is 1.27 bits per heavy atom. The fourth-order valence-corrected chi connectivity index (χ4v) is 4.53. The summed E-state index contributed by atoms with van der Waals surface area (Å²) >= 11 is 7.13. The fraction of sp³-hybridized carbons (Fsp3) is 0.300. The maximum atomic E-state index is 12.4. The standard InChI is InChI=1S/C20H20ClN3O5S/c1-2-29-20(28)16-13-5-3-4-6-15(13)30-19(16)23-17(26)18(27)24-22-10-11-9-12(21)7-8-14(11)25/h7-10,25H,2-6H2,1H3,(H,23,26)(H,24,27)/b22-10-. The van der Waals surface area contributed by atoms with Crippen LogP contribution in [0.2, 0.25) is 5.02 Å². The van der Waals surface area contributed by atoms with Crippen molar-refractivity contribution in [1.29, 1.82) is 0 Å². The summed E-state index contributed by atoms with van der Waals surface area (Å²) in [5, 5.41) is 16.6. The molecule has 158 valence electrons. The lowest BCUT2D eigenvalue weighted by molar-refractivity contribution is -0.136. The predicted octanol–water partition coefficient (Wildman–Crippen LogP) is 3.25. The van der Waals surface area contributed by atoms with E-state index < -0.39 is 17.8 Å².